The fourth-order valence-electron chi connectivity index (χ4n) is 4.98. The molecule has 0 radical (unpaired) electrons. The van der Waals surface area contributed by atoms with E-state index in [0.29, 0.717) is 6.61 Å². The smallest absolute Gasteiger partial charge is 0.0606 e. The average Bonchev–Trinajstić information content (AvgIpc) is 3.12. The molecule has 166 valence electrons. The minimum absolute atomic E-state index is 0.130. The van der Waals surface area contributed by atoms with Gasteiger partial charge in [-0.3, -0.25) is 0 Å². The van der Waals surface area contributed by atoms with Crippen LogP contribution in [0.1, 0.15) is 47.6 Å². The van der Waals surface area contributed by atoms with E-state index in [4.69, 9.17) is 4.74 Å². The van der Waals surface area contributed by atoms with Gasteiger partial charge in [-0.1, -0.05) is 98.3 Å². The monoisotopic (exact) mass is 425 g/mol. The normalized spacial score (nSPS) is 17.2. The first-order valence-electron chi connectivity index (χ1n) is 11.9. The number of methoxy groups -OCH3 is 1. The third-order valence-corrected chi connectivity index (χ3v) is 6.48. The van der Waals surface area contributed by atoms with Crippen molar-refractivity contribution in [3.05, 3.63) is 113 Å². The van der Waals surface area contributed by atoms with Crippen LogP contribution in [0.5, 0.6) is 0 Å². The van der Waals surface area contributed by atoms with E-state index in [1.165, 1.54) is 46.2 Å². The number of ether oxygens (including phenoxy) is 1. The van der Waals surface area contributed by atoms with Gasteiger partial charge in [-0.2, -0.15) is 0 Å². The zero-order chi connectivity index (χ0) is 22.2. The van der Waals surface area contributed by atoms with Gasteiger partial charge in [-0.25, -0.2) is 0 Å². The second kappa shape index (κ2) is 10.8. The third kappa shape index (κ3) is 5.03. The van der Waals surface area contributed by atoms with E-state index in [2.05, 4.69) is 97.2 Å². The summed E-state index contributed by atoms with van der Waals surface area (Å²) in [6, 6.07) is 28.5. The summed E-state index contributed by atoms with van der Waals surface area (Å²) in [5, 5.41) is 3.72. The van der Waals surface area contributed by atoms with Crippen molar-refractivity contribution in [1.82, 2.24) is 5.32 Å². The van der Waals surface area contributed by atoms with Crippen molar-refractivity contribution in [1.29, 1.82) is 0 Å². The summed E-state index contributed by atoms with van der Waals surface area (Å²) in [5.74, 6) is 0. The molecule has 2 heteroatoms. The van der Waals surface area contributed by atoms with Crippen LogP contribution >= 0.6 is 0 Å². The molecule has 1 unspecified atom stereocenters. The summed E-state index contributed by atoms with van der Waals surface area (Å²) in [7, 11) is 1.82. The minimum Gasteiger partial charge on any atom is -0.383 e. The molecule has 1 aliphatic rings. The highest BCUT2D eigenvalue weighted by atomic mass is 16.5. The first-order chi connectivity index (χ1) is 15.8. The van der Waals surface area contributed by atoms with E-state index >= 15 is 0 Å². The zero-order valence-electron chi connectivity index (χ0n) is 19.4. The predicted molar refractivity (Wildman–Crippen MR) is 135 cm³/mol. The van der Waals surface area contributed by atoms with Gasteiger partial charge in [0.2, 0.25) is 0 Å². The molecule has 3 aromatic rings. The maximum absolute atomic E-state index is 5.82. The number of allylic oxidation sites excluding steroid dienone is 1. The van der Waals surface area contributed by atoms with Gasteiger partial charge >= 0.3 is 0 Å². The number of nitrogens with one attached hydrogen (secondary N) is 1. The number of hydrogen-bond donors (Lipinski definition) is 1. The van der Waals surface area contributed by atoms with E-state index in [1.54, 1.807) is 0 Å². The van der Waals surface area contributed by atoms with Gasteiger partial charge in [-0.15, -0.1) is 0 Å². The lowest BCUT2D eigenvalue weighted by molar-refractivity contribution is 0.151. The topological polar surface area (TPSA) is 21.3 Å². The van der Waals surface area contributed by atoms with E-state index in [0.717, 1.165) is 25.9 Å². The van der Waals surface area contributed by atoms with Crippen molar-refractivity contribution in [3.8, 4) is 0 Å². The quantitative estimate of drug-likeness (QED) is 0.370. The fraction of sp³-hybridized carbons (Fsp3) is 0.333. The van der Waals surface area contributed by atoms with E-state index < -0.39 is 0 Å². The third-order valence-electron chi connectivity index (χ3n) is 6.48. The maximum Gasteiger partial charge on any atom is 0.0606 e. The fourth-order valence-corrected chi connectivity index (χ4v) is 4.98. The zero-order valence-corrected chi connectivity index (χ0v) is 19.4. The summed E-state index contributed by atoms with van der Waals surface area (Å²) < 4.78 is 5.82. The molecule has 3 aromatic carbocycles. The van der Waals surface area contributed by atoms with Crippen LogP contribution < -0.4 is 5.32 Å². The Morgan fingerprint density at radius 1 is 0.812 bits per heavy atom. The molecule has 0 fully saturated rings. The summed E-state index contributed by atoms with van der Waals surface area (Å²) in [5.41, 5.74) is 8.23. The molecule has 1 atom stereocenters. The molecule has 0 bridgehead atoms. The summed E-state index contributed by atoms with van der Waals surface area (Å²) in [6.45, 7) is 4.88. The van der Waals surface area contributed by atoms with Gasteiger partial charge in [0.05, 0.1) is 12.0 Å². The lowest BCUT2D eigenvalue weighted by atomic mass is 9.81. The largest absolute Gasteiger partial charge is 0.383 e. The van der Waals surface area contributed by atoms with Crippen LogP contribution in [0.2, 0.25) is 0 Å². The van der Waals surface area contributed by atoms with Crippen LogP contribution in [-0.4, -0.2) is 26.8 Å². The van der Waals surface area contributed by atoms with Crippen molar-refractivity contribution in [2.75, 3.05) is 26.8 Å². The number of hydrogen-bond acceptors (Lipinski definition) is 2. The Bertz CT molecular complexity index is 1030. The molecular formula is C30H35NO. The first kappa shape index (κ1) is 22.5. The van der Waals surface area contributed by atoms with E-state index in [-0.39, 0.29) is 5.41 Å². The van der Waals surface area contributed by atoms with Crippen molar-refractivity contribution in [2.45, 2.75) is 38.0 Å². The van der Waals surface area contributed by atoms with Gasteiger partial charge in [0.25, 0.3) is 0 Å². The Balaban J connectivity index is 1.75. The SMILES string of the molecule is CCCCNCC1(COC)C=C(Cc2ccccc2)c2c(Cc3ccccc3)cccc21. The van der Waals surface area contributed by atoms with Crippen LogP contribution in [0.25, 0.3) is 5.57 Å². The first-order valence-corrected chi connectivity index (χ1v) is 11.9. The highest BCUT2D eigenvalue weighted by Gasteiger charge is 2.39. The Morgan fingerprint density at radius 2 is 1.50 bits per heavy atom. The van der Waals surface area contributed by atoms with Crippen LogP contribution in [0, 0.1) is 0 Å². The van der Waals surface area contributed by atoms with Gasteiger partial charge in [0, 0.05) is 13.7 Å². The molecule has 0 saturated carbocycles. The second-order valence-electron chi connectivity index (χ2n) is 8.95. The predicted octanol–water partition coefficient (Wildman–Crippen LogP) is 6.19. The number of fused-ring (bicyclic) bond motifs is 1. The second-order valence-corrected chi connectivity index (χ2v) is 8.95. The molecule has 2 nitrogen and oxygen atoms in total. The summed E-state index contributed by atoms with van der Waals surface area (Å²) in [4.78, 5) is 0. The van der Waals surface area contributed by atoms with Crippen LogP contribution in [0.3, 0.4) is 0 Å². The van der Waals surface area contributed by atoms with Crippen LogP contribution in [-0.2, 0) is 23.0 Å². The van der Waals surface area contributed by atoms with Gasteiger partial charge in [0.15, 0.2) is 0 Å². The van der Waals surface area contributed by atoms with E-state index in [9.17, 15) is 0 Å². The van der Waals surface area contributed by atoms with E-state index in [1.807, 2.05) is 7.11 Å². The minimum atomic E-state index is -0.130. The summed E-state index contributed by atoms with van der Waals surface area (Å²) >= 11 is 0. The Kier molecular flexibility index (Phi) is 7.57. The van der Waals surface area contributed by atoms with Crippen LogP contribution in [0.15, 0.2) is 84.9 Å². The van der Waals surface area contributed by atoms with Gasteiger partial charge < -0.3 is 10.1 Å². The lowest BCUT2D eigenvalue weighted by Gasteiger charge is -2.29. The standard InChI is InChI=1S/C30H35NO/c1-3-4-18-31-22-30(23-32-2)21-27(20-25-14-9-6-10-15-25)29-26(16-11-17-28(29)30)19-24-12-7-5-8-13-24/h5-17,21,31H,3-4,18-20,22-23H2,1-2H3. The van der Waals surface area contributed by atoms with Crippen molar-refractivity contribution >= 4 is 5.57 Å². The number of rotatable bonds is 11. The number of benzene rings is 3. The van der Waals surface area contributed by atoms with Crippen molar-refractivity contribution < 1.29 is 4.74 Å². The van der Waals surface area contributed by atoms with Gasteiger partial charge in [-0.05, 0) is 59.2 Å². The summed E-state index contributed by atoms with van der Waals surface area (Å²) in [6.07, 6.45) is 6.80. The molecule has 0 heterocycles. The molecule has 0 spiro atoms. The van der Waals surface area contributed by atoms with Crippen LogP contribution in [0.4, 0.5) is 0 Å². The molecule has 0 aliphatic heterocycles. The van der Waals surface area contributed by atoms with Crippen molar-refractivity contribution in [2.24, 2.45) is 0 Å². The number of unbranched alkanes of at least 4 members (excludes halogenated alkanes) is 1. The molecule has 1 aliphatic carbocycles. The van der Waals surface area contributed by atoms with Gasteiger partial charge in [0.1, 0.15) is 0 Å². The van der Waals surface area contributed by atoms with Crippen molar-refractivity contribution in [3.63, 3.8) is 0 Å². The molecule has 32 heavy (non-hydrogen) atoms. The highest BCUT2D eigenvalue weighted by molar-refractivity contribution is 5.80. The average molecular weight is 426 g/mol. The molecule has 0 aromatic heterocycles. The Morgan fingerprint density at radius 3 is 2.16 bits per heavy atom. The Labute approximate surface area is 193 Å². The lowest BCUT2D eigenvalue weighted by Crippen LogP contribution is -2.39. The molecule has 0 amide bonds. The molecule has 4 rings (SSSR count). The molecular weight excluding hydrogens is 390 g/mol. The molecule has 1 N–H and O–H groups in total. The Hall–Kier alpha value is -2.68. The maximum atomic E-state index is 5.82. The highest BCUT2D eigenvalue weighted by Crippen LogP contribution is 2.44. The molecule has 0 saturated heterocycles.